The molecule has 0 aliphatic heterocycles. The third kappa shape index (κ3) is 6.66. The molecule has 0 aliphatic carbocycles. The first-order valence-electron chi connectivity index (χ1n) is 19.2. The van der Waals surface area contributed by atoms with Gasteiger partial charge in [-0.05, 0) is 88.0 Å². The minimum atomic E-state index is 0.624. The summed E-state index contributed by atoms with van der Waals surface area (Å²) in [5, 5.41) is 11.5. The second-order valence-corrected chi connectivity index (χ2v) is 14.2. The predicted octanol–water partition coefficient (Wildman–Crippen LogP) is 13.1. The van der Waals surface area contributed by atoms with E-state index in [2.05, 4.69) is 84.9 Å². The van der Waals surface area contributed by atoms with E-state index >= 15 is 0 Å². The van der Waals surface area contributed by atoms with Gasteiger partial charge >= 0.3 is 0 Å². The first kappa shape index (κ1) is 34.4. The van der Waals surface area contributed by atoms with Crippen LogP contribution in [-0.2, 0) is 0 Å². The molecule has 0 N–H and O–H groups in total. The molecule has 10 rings (SSSR count). The van der Waals surface area contributed by atoms with Crippen molar-refractivity contribution < 1.29 is 0 Å². The van der Waals surface area contributed by atoms with Gasteiger partial charge in [0.1, 0.15) is 0 Å². The lowest BCUT2D eigenvalue weighted by molar-refractivity contribution is 1.23. The first-order valence-corrected chi connectivity index (χ1v) is 19.2. The molecule has 0 fully saturated rings. The van der Waals surface area contributed by atoms with E-state index in [9.17, 15) is 5.26 Å². The van der Waals surface area contributed by atoms with Crippen molar-refractivity contribution in [2.75, 3.05) is 0 Å². The van der Waals surface area contributed by atoms with Crippen LogP contribution in [0, 0.1) is 11.3 Å². The number of hydrogen-bond acceptors (Lipinski definition) is 5. The molecular formula is C53H33N5. The van der Waals surface area contributed by atoms with Gasteiger partial charge < -0.3 is 0 Å². The van der Waals surface area contributed by atoms with Crippen molar-refractivity contribution in [3.05, 3.63) is 206 Å². The average molecular weight is 740 g/mol. The highest BCUT2D eigenvalue weighted by atomic mass is 14.9. The van der Waals surface area contributed by atoms with E-state index in [1.807, 2.05) is 121 Å². The van der Waals surface area contributed by atoms with Crippen molar-refractivity contribution in [1.29, 1.82) is 5.26 Å². The number of fused-ring (bicyclic) bond motifs is 2. The zero-order valence-corrected chi connectivity index (χ0v) is 31.3. The molecule has 10 aromatic rings. The van der Waals surface area contributed by atoms with Gasteiger partial charge in [0.15, 0.2) is 11.6 Å². The third-order valence-corrected chi connectivity index (χ3v) is 10.5. The SMILES string of the molecule is N#Cc1ccc(-c2cc(-c3cccc(-c4nc(-c5ccccc5)nc5ccccc45)c3)cc(-c3cccc(-c4nc(-c5ccccc5)nc5ccccc45)c3)c2)cc1. The molecule has 0 bridgehead atoms. The molecule has 0 saturated heterocycles. The Morgan fingerprint density at radius 1 is 0.293 bits per heavy atom. The molecule has 5 nitrogen and oxygen atoms in total. The van der Waals surface area contributed by atoms with E-state index in [-0.39, 0.29) is 0 Å². The quantitative estimate of drug-likeness (QED) is 0.163. The molecular weight excluding hydrogens is 707 g/mol. The molecule has 2 aromatic heterocycles. The fourth-order valence-electron chi connectivity index (χ4n) is 7.58. The van der Waals surface area contributed by atoms with Crippen LogP contribution in [0.15, 0.2) is 200 Å². The molecule has 270 valence electrons. The van der Waals surface area contributed by atoms with E-state index < -0.39 is 0 Å². The number of rotatable bonds is 7. The standard InChI is InChI=1S/C53H33N5/c54-34-35-25-27-36(28-26-35)43-31-44(39-17-11-19-41(29-39)50-46-21-7-9-23-48(46)55-52(57-50)37-13-3-1-4-14-37)33-45(32-43)40-18-12-20-42(30-40)51-47-22-8-10-24-49(47)56-53(58-51)38-15-5-2-6-16-38/h1-33H. The maximum absolute atomic E-state index is 9.55. The largest absolute Gasteiger partial charge is 0.228 e. The first-order chi connectivity index (χ1) is 28.7. The Bertz CT molecular complexity index is 2980. The second kappa shape index (κ2) is 14.9. The Morgan fingerprint density at radius 3 is 1.14 bits per heavy atom. The van der Waals surface area contributed by atoms with Gasteiger partial charge in [-0.2, -0.15) is 5.26 Å². The molecule has 0 aliphatic rings. The topological polar surface area (TPSA) is 75.3 Å². The van der Waals surface area contributed by atoms with Gasteiger partial charge in [0.25, 0.3) is 0 Å². The van der Waals surface area contributed by atoms with Gasteiger partial charge in [-0.1, -0.05) is 146 Å². The van der Waals surface area contributed by atoms with Crippen LogP contribution in [0.1, 0.15) is 5.56 Å². The summed E-state index contributed by atoms with van der Waals surface area (Å²) in [4.78, 5) is 20.2. The number of benzene rings is 8. The van der Waals surface area contributed by atoms with Gasteiger partial charge in [-0.15, -0.1) is 0 Å². The number of para-hydroxylation sites is 2. The molecule has 58 heavy (non-hydrogen) atoms. The molecule has 0 amide bonds. The van der Waals surface area contributed by atoms with Crippen molar-refractivity contribution in [1.82, 2.24) is 19.9 Å². The summed E-state index contributed by atoms with van der Waals surface area (Å²) < 4.78 is 0. The average Bonchev–Trinajstić information content (AvgIpc) is 3.31. The molecule has 2 heterocycles. The van der Waals surface area contributed by atoms with E-state index in [4.69, 9.17) is 19.9 Å². The highest BCUT2D eigenvalue weighted by Gasteiger charge is 2.16. The lowest BCUT2D eigenvalue weighted by Crippen LogP contribution is -1.95. The van der Waals surface area contributed by atoms with Crippen molar-refractivity contribution >= 4 is 21.8 Å². The molecule has 0 unspecified atom stereocenters. The minimum absolute atomic E-state index is 0.624. The summed E-state index contributed by atoms with van der Waals surface area (Å²) in [6.45, 7) is 0. The Labute approximate surface area is 336 Å². The molecule has 0 saturated carbocycles. The predicted molar refractivity (Wildman–Crippen MR) is 235 cm³/mol. The third-order valence-electron chi connectivity index (χ3n) is 10.5. The van der Waals surface area contributed by atoms with Crippen LogP contribution in [0.25, 0.3) is 100 Å². The summed E-state index contributed by atoms with van der Waals surface area (Å²) >= 11 is 0. The minimum Gasteiger partial charge on any atom is -0.228 e. The maximum atomic E-state index is 9.55. The van der Waals surface area contributed by atoms with Crippen LogP contribution >= 0.6 is 0 Å². The summed E-state index contributed by atoms with van der Waals surface area (Å²) in [5.74, 6) is 1.38. The molecule has 0 atom stereocenters. The molecule has 5 heteroatoms. The van der Waals surface area contributed by atoms with Crippen LogP contribution in [-0.4, -0.2) is 19.9 Å². The van der Waals surface area contributed by atoms with Crippen molar-refractivity contribution in [2.45, 2.75) is 0 Å². The van der Waals surface area contributed by atoms with Crippen LogP contribution < -0.4 is 0 Å². The Balaban J connectivity index is 1.12. The number of aromatic nitrogens is 4. The van der Waals surface area contributed by atoms with Gasteiger partial charge in [0.2, 0.25) is 0 Å². The molecule has 8 aromatic carbocycles. The van der Waals surface area contributed by atoms with Crippen LogP contribution in [0.5, 0.6) is 0 Å². The Morgan fingerprint density at radius 2 is 0.672 bits per heavy atom. The number of hydrogen-bond donors (Lipinski definition) is 0. The fourth-order valence-corrected chi connectivity index (χ4v) is 7.58. The Kier molecular flexibility index (Phi) is 8.83. The summed E-state index contributed by atoms with van der Waals surface area (Å²) in [5.41, 5.74) is 14.4. The van der Waals surface area contributed by atoms with Crippen LogP contribution in [0.3, 0.4) is 0 Å². The van der Waals surface area contributed by atoms with Crippen LogP contribution in [0.4, 0.5) is 0 Å². The van der Waals surface area contributed by atoms with Crippen molar-refractivity contribution in [2.24, 2.45) is 0 Å². The maximum Gasteiger partial charge on any atom is 0.160 e. The lowest BCUT2D eigenvalue weighted by atomic mass is 9.91. The summed E-state index contributed by atoms with van der Waals surface area (Å²) in [6.07, 6.45) is 0. The molecule has 0 radical (unpaired) electrons. The highest BCUT2D eigenvalue weighted by molar-refractivity contribution is 5.96. The zero-order chi connectivity index (χ0) is 38.8. The van der Waals surface area contributed by atoms with E-state index in [0.29, 0.717) is 17.2 Å². The van der Waals surface area contributed by atoms with E-state index in [1.165, 1.54) is 0 Å². The summed E-state index contributed by atoms with van der Waals surface area (Å²) in [6, 6.07) is 70.6. The second-order valence-electron chi connectivity index (χ2n) is 14.2. The number of nitrogens with zero attached hydrogens (tertiary/aromatic N) is 5. The number of nitriles is 1. The highest BCUT2D eigenvalue weighted by Crippen LogP contribution is 2.38. The van der Waals surface area contributed by atoms with Crippen molar-refractivity contribution in [3.8, 4) is 84.7 Å². The summed E-state index contributed by atoms with van der Waals surface area (Å²) in [7, 11) is 0. The van der Waals surface area contributed by atoms with Crippen molar-refractivity contribution in [3.63, 3.8) is 0 Å². The smallest absolute Gasteiger partial charge is 0.160 e. The lowest BCUT2D eigenvalue weighted by Gasteiger charge is -2.14. The van der Waals surface area contributed by atoms with E-state index in [0.717, 1.165) is 88.8 Å². The normalized spacial score (nSPS) is 11.1. The van der Waals surface area contributed by atoms with E-state index in [1.54, 1.807) is 0 Å². The monoisotopic (exact) mass is 739 g/mol. The fraction of sp³-hybridized carbons (Fsp3) is 0. The van der Waals surface area contributed by atoms with Gasteiger partial charge in [-0.25, -0.2) is 19.9 Å². The van der Waals surface area contributed by atoms with Gasteiger partial charge in [0, 0.05) is 33.0 Å². The van der Waals surface area contributed by atoms with Gasteiger partial charge in [-0.3, -0.25) is 0 Å². The Hall–Kier alpha value is -8.07. The molecule has 0 spiro atoms. The van der Waals surface area contributed by atoms with Crippen LogP contribution in [0.2, 0.25) is 0 Å². The zero-order valence-electron chi connectivity index (χ0n) is 31.3. The van der Waals surface area contributed by atoms with Gasteiger partial charge in [0.05, 0.1) is 34.1 Å².